The van der Waals surface area contributed by atoms with E-state index in [1.54, 1.807) is 14.2 Å². The highest BCUT2D eigenvalue weighted by Gasteiger charge is 2.28. The highest BCUT2D eigenvalue weighted by molar-refractivity contribution is 6.65. The van der Waals surface area contributed by atoms with Crippen molar-refractivity contribution in [2.24, 2.45) is 11.5 Å². The second kappa shape index (κ2) is 6.50. The summed E-state index contributed by atoms with van der Waals surface area (Å²) in [5, 5.41) is 0. The van der Waals surface area contributed by atoms with Gasteiger partial charge in [-0.25, -0.2) is 0 Å². The van der Waals surface area contributed by atoms with E-state index in [9.17, 15) is 0 Å². The molecule has 0 rings (SSSR count). The maximum absolute atomic E-state index is 5.83. The molecule has 13 heavy (non-hydrogen) atoms. The summed E-state index contributed by atoms with van der Waals surface area (Å²) in [6.45, 7) is 2.70. The van der Waals surface area contributed by atoms with Gasteiger partial charge in [-0.15, -0.1) is 0 Å². The summed E-state index contributed by atoms with van der Waals surface area (Å²) in [6.07, 6.45) is 1.81. The van der Waals surface area contributed by atoms with E-state index in [1.807, 2.05) is 6.55 Å². The first-order valence-electron chi connectivity index (χ1n) is 4.64. The molecule has 0 aliphatic heterocycles. The van der Waals surface area contributed by atoms with Crippen molar-refractivity contribution in [3.8, 4) is 0 Å². The molecular weight excluding hydrogens is 184 g/mol. The smallest absolute Gasteiger partial charge is 0.334 e. The van der Waals surface area contributed by atoms with Gasteiger partial charge in [0, 0.05) is 20.3 Å². The third-order valence-electron chi connectivity index (χ3n) is 2.37. The van der Waals surface area contributed by atoms with Crippen molar-refractivity contribution >= 4 is 8.56 Å². The lowest BCUT2D eigenvalue weighted by Crippen LogP contribution is -2.38. The van der Waals surface area contributed by atoms with Gasteiger partial charge in [0.1, 0.15) is 0 Å². The van der Waals surface area contributed by atoms with Crippen LogP contribution in [0.2, 0.25) is 12.6 Å². The first-order valence-corrected chi connectivity index (χ1v) is 7.16. The molecule has 4 N–H and O–H groups in total. The van der Waals surface area contributed by atoms with Gasteiger partial charge in [0.25, 0.3) is 0 Å². The Hall–Kier alpha value is 0.0569. The minimum atomic E-state index is -1.91. The van der Waals surface area contributed by atoms with Gasteiger partial charge in [-0.1, -0.05) is 0 Å². The molecule has 1 atom stereocenters. The number of rotatable bonds is 7. The van der Waals surface area contributed by atoms with Crippen molar-refractivity contribution in [2.75, 3.05) is 20.8 Å². The van der Waals surface area contributed by atoms with Crippen LogP contribution in [0.1, 0.15) is 12.8 Å². The molecule has 0 radical (unpaired) electrons. The van der Waals surface area contributed by atoms with Crippen molar-refractivity contribution in [3.05, 3.63) is 0 Å². The first-order chi connectivity index (χ1) is 6.08. The van der Waals surface area contributed by atoms with Gasteiger partial charge in [0.2, 0.25) is 0 Å². The summed E-state index contributed by atoms with van der Waals surface area (Å²) in [7, 11) is 1.49. The SMILES string of the molecule is CO[Si](C)(CCC(N)CCN)OC. The Labute approximate surface area is 81.8 Å². The van der Waals surface area contributed by atoms with Crippen LogP contribution in [-0.2, 0) is 8.85 Å². The van der Waals surface area contributed by atoms with Gasteiger partial charge in [0.15, 0.2) is 0 Å². The standard InChI is InChI=1S/C8H22N2O2Si/c1-11-13(3,12-2)7-5-8(10)4-6-9/h8H,4-7,9-10H2,1-3H3. The maximum atomic E-state index is 5.83. The van der Waals surface area contributed by atoms with Crippen LogP contribution in [0.3, 0.4) is 0 Å². The average molecular weight is 206 g/mol. The van der Waals surface area contributed by atoms with Crippen molar-refractivity contribution in [1.29, 1.82) is 0 Å². The zero-order valence-corrected chi connectivity index (χ0v) is 9.88. The lowest BCUT2D eigenvalue weighted by molar-refractivity contribution is 0.247. The fraction of sp³-hybridized carbons (Fsp3) is 1.00. The molecule has 0 aromatic heterocycles. The average Bonchev–Trinajstić information content (AvgIpc) is 2.15. The Balaban J connectivity index is 3.71. The van der Waals surface area contributed by atoms with Crippen LogP contribution < -0.4 is 11.5 Å². The highest BCUT2D eigenvalue weighted by Crippen LogP contribution is 2.15. The maximum Gasteiger partial charge on any atom is 0.334 e. The normalized spacial score (nSPS) is 14.5. The molecule has 0 saturated carbocycles. The topological polar surface area (TPSA) is 70.5 Å². The number of hydrogen-bond donors (Lipinski definition) is 2. The molecule has 0 aliphatic carbocycles. The summed E-state index contributed by atoms with van der Waals surface area (Å²) < 4.78 is 10.7. The van der Waals surface area contributed by atoms with Crippen LogP contribution in [0, 0.1) is 0 Å². The second-order valence-electron chi connectivity index (χ2n) is 3.42. The zero-order chi connectivity index (χ0) is 10.3. The van der Waals surface area contributed by atoms with Gasteiger partial charge in [0.05, 0.1) is 0 Å². The quantitative estimate of drug-likeness (QED) is 0.592. The molecule has 4 nitrogen and oxygen atoms in total. The van der Waals surface area contributed by atoms with Crippen molar-refractivity contribution in [3.63, 3.8) is 0 Å². The molecule has 0 amide bonds. The molecule has 0 aromatic rings. The zero-order valence-electron chi connectivity index (χ0n) is 8.88. The van der Waals surface area contributed by atoms with E-state index in [4.69, 9.17) is 20.3 Å². The minimum absolute atomic E-state index is 0.183. The molecule has 0 aliphatic rings. The molecule has 0 fully saturated rings. The van der Waals surface area contributed by atoms with Gasteiger partial charge in [-0.05, 0) is 32.0 Å². The predicted octanol–water partition coefficient (Wildman–Crippen LogP) is 0.417. The molecule has 80 valence electrons. The van der Waals surface area contributed by atoms with E-state index in [2.05, 4.69) is 0 Å². The van der Waals surface area contributed by atoms with Crippen molar-refractivity contribution in [2.45, 2.75) is 31.5 Å². The van der Waals surface area contributed by atoms with Gasteiger partial charge in [-0.2, -0.15) is 0 Å². The molecular formula is C8H22N2O2Si. The monoisotopic (exact) mass is 206 g/mol. The van der Waals surface area contributed by atoms with E-state index in [1.165, 1.54) is 0 Å². The van der Waals surface area contributed by atoms with Gasteiger partial charge in [-0.3, -0.25) is 0 Å². The molecule has 1 unspecified atom stereocenters. The van der Waals surface area contributed by atoms with Crippen LogP contribution >= 0.6 is 0 Å². The Morgan fingerprint density at radius 3 is 2.15 bits per heavy atom. The summed E-state index contributed by atoms with van der Waals surface area (Å²) in [6, 6.07) is 1.11. The minimum Gasteiger partial charge on any atom is -0.398 e. The Morgan fingerprint density at radius 2 is 1.77 bits per heavy atom. The summed E-state index contributed by atoms with van der Waals surface area (Å²) >= 11 is 0. The van der Waals surface area contributed by atoms with Gasteiger partial charge < -0.3 is 20.3 Å². The highest BCUT2D eigenvalue weighted by atomic mass is 28.4. The van der Waals surface area contributed by atoms with Crippen LogP contribution in [0.4, 0.5) is 0 Å². The van der Waals surface area contributed by atoms with E-state index in [0.29, 0.717) is 6.54 Å². The Bertz CT molecular complexity index is 131. The third kappa shape index (κ3) is 5.38. The second-order valence-corrected chi connectivity index (χ2v) is 7.00. The Kier molecular flexibility index (Phi) is 6.53. The predicted molar refractivity (Wildman–Crippen MR) is 56.7 cm³/mol. The van der Waals surface area contributed by atoms with Crippen molar-refractivity contribution in [1.82, 2.24) is 0 Å². The molecule has 5 heteroatoms. The number of nitrogens with two attached hydrogens (primary N) is 2. The lowest BCUT2D eigenvalue weighted by atomic mass is 10.2. The van der Waals surface area contributed by atoms with Crippen LogP contribution in [0.5, 0.6) is 0 Å². The van der Waals surface area contributed by atoms with E-state index in [-0.39, 0.29) is 6.04 Å². The largest absolute Gasteiger partial charge is 0.398 e. The van der Waals surface area contributed by atoms with E-state index >= 15 is 0 Å². The lowest BCUT2D eigenvalue weighted by Gasteiger charge is -2.24. The van der Waals surface area contributed by atoms with Crippen LogP contribution in [0.15, 0.2) is 0 Å². The molecule has 0 heterocycles. The molecule has 0 aromatic carbocycles. The molecule has 0 bridgehead atoms. The number of hydrogen-bond acceptors (Lipinski definition) is 4. The van der Waals surface area contributed by atoms with Crippen LogP contribution in [0.25, 0.3) is 0 Å². The van der Waals surface area contributed by atoms with Crippen molar-refractivity contribution < 1.29 is 8.85 Å². The van der Waals surface area contributed by atoms with E-state index < -0.39 is 8.56 Å². The van der Waals surface area contributed by atoms with Gasteiger partial charge >= 0.3 is 8.56 Å². The third-order valence-corrected chi connectivity index (χ3v) is 5.29. The summed E-state index contributed by atoms with van der Waals surface area (Å²) in [4.78, 5) is 0. The fourth-order valence-corrected chi connectivity index (χ4v) is 2.56. The molecule has 0 spiro atoms. The molecule has 0 saturated heterocycles. The first kappa shape index (κ1) is 13.1. The Morgan fingerprint density at radius 1 is 1.23 bits per heavy atom. The van der Waals surface area contributed by atoms with Crippen LogP contribution in [-0.4, -0.2) is 35.4 Å². The summed E-state index contributed by atoms with van der Waals surface area (Å²) in [5.41, 5.74) is 11.2. The van der Waals surface area contributed by atoms with E-state index in [0.717, 1.165) is 18.9 Å². The summed E-state index contributed by atoms with van der Waals surface area (Å²) in [5.74, 6) is 0. The fourth-order valence-electron chi connectivity index (χ4n) is 1.09.